The summed E-state index contributed by atoms with van der Waals surface area (Å²) in [5.74, 6) is 0. The van der Waals surface area contributed by atoms with Crippen LogP contribution >= 0.6 is 11.3 Å². The van der Waals surface area contributed by atoms with Crippen molar-refractivity contribution in [2.45, 2.75) is 25.4 Å². The predicted octanol–water partition coefficient (Wildman–Crippen LogP) is 2.55. The number of nitrogens with zero attached hydrogens (tertiary/aromatic N) is 2. The van der Waals surface area contributed by atoms with Crippen LogP contribution in [0.3, 0.4) is 0 Å². The molecule has 1 aliphatic heterocycles. The zero-order valence-corrected chi connectivity index (χ0v) is 12.5. The van der Waals surface area contributed by atoms with E-state index in [-0.39, 0.29) is 0 Å². The normalized spacial score (nSPS) is 19.5. The second kappa shape index (κ2) is 6.97. The van der Waals surface area contributed by atoms with Gasteiger partial charge >= 0.3 is 0 Å². The molecular weight excluding hydrogens is 266 g/mol. The van der Waals surface area contributed by atoms with Crippen LogP contribution < -0.4 is 5.32 Å². The number of benzene rings is 1. The highest BCUT2D eigenvalue weighted by Crippen LogP contribution is 2.12. The molecule has 0 saturated carbocycles. The first-order valence-corrected chi connectivity index (χ1v) is 8.16. The van der Waals surface area contributed by atoms with Crippen LogP contribution in [0.4, 0.5) is 0 Å². The van der Waals surface area contributed by atoms with Crippen molar-refractivity contribution < 1.29 is 0 Å². The molecule has 1 unspecified atom stereocenters. The van der Waals surface area contributed by atoms with Crippen molar-refractivity contribution in [3.05, 3.63) is 52.5 Å². The number of nitrogens with one attached hydrogen (secondary N) is 1. The Morgan fingerprint density at radius 1 is 1.30 bits per heavy atom. The first-order valence-electron chi connectivity index (χ1n) is 7.28. The molecule has 0 spiro atoms. The zero-order chi connectivity index (χ0) is 13.6. The monoisotopic (exact) mass is 287 g/mol. The van der Waals surface area contributed by atoms with Crippen LogP contribution in [0.25, 0.3) is 0 Å². The van der Waals surface area contributed by atoms with Gasteiger partial charge in [-0.2, -0.15) is 0 Å². The van der Waals surface area contributed by atoms with Crippen molar-refractivity contribution in [3.63, 3.8) is 0 Å². The highest BCUT2D eigenvalue weighted by Gasteiger charge is 2.21. The molecule has 0 radical (unpaired) electrons. The quantitative estimate of drug-likeness (QED) is 0.885. The topological polar surface area (TPSA) is 28.2 Å². The molecule has 2 heterocycles. The summed E-state index contributed by atoms with van der Waals surface area (Å²) >= 11 is 1.73. The van der Waals surface area contributed by atoms with Gasteiger partial charge in [-0.1, -0.05) is 30.3 Å². The Hall–Kier alpha value is -1.23. The summed E-state index contributed by atoms with van der Waals surface area (Å²) in [6.45, 7) is 4.45. The Bertz CT molecular complexity index is 498. The highest BCUT2D eigenvalue weighted by atomic mass is 32.1. The lowest BCUT2D eigenvalue weighted by Crippen LogP contribution is -2.32. The van der Waals surface area contributed by atoms with Crippen molar-refractivity contribution >= 4 is 11.3 Å². The van der Waals surface area contributed by atoms with E-state index in [0.29, 0.717) is 6.04 Å². The van der Waals surface area contributed by atoms with Gasteiger partial charge in [0.25, 0.3) is 0 Å². The third-order valence-corrected chi connectivity index (χ3v) is 4.64. The van der Waals surface area contributed by atoms with E-state index >= 15 is 0 Å². The summed E-state index contributed by atoms with van der Waals surface area (Å²) in [6.07, 6.45) is 4.28. The molecule has 3 nitrogen and oxygen atoms in total. The summed E-state index contributed by atoms with van der Waals surface area (Å²) in [6, 6.07) is 11.4. The van der Waals surface area contributed by atoms with Gasteiger partial charge in [0.2, 0.25) is 0 Å². The number of aromatic nitrogens is 1. The van der Waals surface area contributed by atoms with Crippen LogP contribution in [0.5, 0.6) is 0 Å². The van der Waals surface area contributed by atoms with E-state index in [1.807, 2.05) is 11.6 Å². The summed E-state index contributed by atoms with van der Waals surface area (Å²) in [4.78, 5) is 6.88. The summed E-state index contributed by atoms with van der Waals surface area (Å²) < 4.78 is 0. The average Bonchev–Trinajstić information content (AvgIpc) is 3.16. The lowest BCUT2D eigenvalue weighted by Gasteiger charge is -2.16. The minimum Gasteiger partial charge on any atom is -0.306 e. The van der Waals surface area contributed by atoms with Crippen molar-refractivity contribution in [1.82, 2.24) is 15.2 Å². The van der Waals surface area contributed by atoms with Crippen molar-refractivity contribution in [3.8, 4) is 0 Å². The van der Waals surface area contributed by atoms with E-state index in [4.69, 9.17) is 0 Å². The molecule has 1 fully saturated rings. The molecule has 2 aromatic rings. The van der Waals surface area contributed by atoms with Crippen LogP contribution in [0.1, 0.15) is 17.0 Å². The molecule has 4 heteroatoms. The van der Waals surface area contributed by atoms with Gasteiger partial charge < -0.3 is 10.2 Å². The molecule has 3 rings (SSSR count). The average molecular weight is 287 g/mol. The van der Waals surface area contributed by atoms with Crippen LogP contribution in [-0.2, 0) is 13.0 Å². The Labute approximate surface area is 124 Å². The first-order chi connectivity index (χ1) is 9.90. The van der Waals surface area contributed by atoms with E-state index in [9.17, 15) is 0 Å². The number of rotatable bonds is 6. The largest absolute Gasteiger partial charge is 0.306 e. The van der Waals surface area contributed by atoms with E-state index in [1.165, 1.54) is 30.1 Å². The van der Waals surface area contributed by atoms with Gasteiger partial charge in [-0.25, -0.2) is 4.98 Å². The van der Waals surface area contributed by atoms with Crippen molar-refractivity contribution in [1.29, 1.82) is 0 Å². The second-order valence-electron chi connectivity index (χ2n) is 5.33. The van der Waals surface area contributed by atoms with Crippen LogP contribution in [0.15, 0.2) is 41.9 Å². The van der Waals surface area contributed by atoms with Gasteiger partial charge in [-0.3, -0.25) is 0 Å². The van der Waals surface area contributed by atoms with E-state index in [0.717, 1.165) is 19.5 Å². The number of hydrogen-bond donors (Lipinski definition) is 1. The van der Waals surface area contributed by atoms with Gasteiger partial charge in [-0.15, -0.1) is 11.3 Å². The maximum Gasteiger partial charge on any atom is 0.106 e. The molecule has 1 aromatic heterocycles. The maximum absolute atomic E-state index is 4.31. The minimum atomic E-state index is 0.620. The smallest absolute Gasteiger partial charge is 0.106 e. The van der Waals surface area contributed by atoms with Crippen LogP contribution in [0, 0.1) is 0 Å². The molecule has 1 aliphatic rings. The van der Waals surface area contributed by atoms with Crippen molar-refractivity contribution in [2.75, 3.05) is 19.6 Å². The number of likely N-dealkylation sites (tertiary alicyclic amines) is 1. The maximum atomic E-state index is 4.31. The van der Waals surface area contributed by atoms with Crippen LogP contribution in [-0.4, -0.2) is 35.6 Å². The molecular formula is C16H21N3S. The Morgan fingerprint density at radius 3 is 3.00 bits per heavy atom. The number of hydrogen-bond acceptors (Lipinski definition) is 4. The van der Waals surface area contributed by atoms with E-state index in [2.05, 4.69) is 45.5 Å². The van der Waals surface area contributed by atoms with Gasteiger partial charge in [0.1, 0.15) is 5.01 Å². The van der Waals surface area contributed by atoms with E-state index < -0.39 is 0 Å². The molecule has 0 aliphatic carbocycles. The van der Waals surface area contributed by atoms with E-state index in [1.54, 1.807) is 11.3 Å². The Morgan fingerprint density at radius 2 is 2.20 bits per heavy atom. The summed E-state index contributed by atoms with van der Waals surface area (Å²) in [5.41, 5.74) is 1.44. The lowest BCUT2D eigenvalue weighted by atomic mass is 10.1. The second-order valence-corrected chi connectivity index (χ2v) is 6.31. The van der Waals surface area contributed by atoms with Gasteiger partial charge in [0.05, 0.1) is 0 Å². The standard InChI is InChI=1S/C16H21N3S/c1-2-4-14(5-3-1)6-9-19-10-7-15(13-19)18-12-16-17-8-11-20-16/h1-5,8,11,15,18H,6-7,9-10,12-13H2. The Balaban J connectivity index is 1.38. The Kier molecular flexibility index (Phi) is 4.79. The highest BCUT2D eigenvalue weighted by molar-refractivity contribution is 7.09. The molecule has 20 heavy (non-hydrogen) atoms. The minimum absolute atomic E-state index is 0.620. The number of thiazole rings is 1. The predicted molar refractivity (Wildman–Crippen MR) is 83.9 cm³/mol. The van der Waals surface area contributed by atoms with Gasteiger partial charge in [0, 0.05) is 37.3 Å². The van der Waals surface area contributed by atoms with Gasteiger partial charge in [0.15, 0.2) is 0 Å². The molecule has 0 bridgehead atoms. The lowest BCUT2D eigenvalue weighted by molar-refractivity contribution is 0.331. The fraction of sp³-hybridized carbons (Fsp3) is 0.438. The van der Waals surface area contributed by atoms with Gasteiger partial charge in [-0.05, 0) is 24.9 Å². The SMILES string of the molecule is c1ccc(CCN2CCC(NCc3nccs3)C2)cc1. The molecule has 1 N–H and O–H groups in total. The molecule has 0 amide bonds. The summed E-state index contributed by atoms with van der Waals surface area (Å²) in [7, 11) is 0. The molecule has 1 saturated heterocycles. The third-order valence-electron chi connectivity index (χ3n) is 3.86. The van der Waals surface area contributed by atoms with Crippen LogP contribution in [0.2, 0.25) is 0 Å². The van der Waals surface area contributed by atoms with Crippen molar-refractivity contribution in [2.24, 2.45) is 0 Å². The first kappa shape index (κ1) is 13.7. The molecule has 1 atom stereocenters. The molecule has 1 aromatic carbocycles. The third kappa shape index (κ3) is 3.88. The summed E-state index contributed by atoms with van der Waals surface area (Å²) in [5, 5.41) is 6.85. The fourth-order valence-electron chi connectivity index (χ4n) is 2.71. The fourth-order valence-corrected chi connectivity index (χ4v) is 3.27. The zero-order valence-electron chi connectivity index (χ0n) is 11.7. The molecule has 106 valence electrons.